The molecule has 3 rings (SSSR count). The fraction of sp³-hybridized carbons (Fsp3) is 0.647. The Morgan fingerprint density at radius 3 is 2.15 bits per heavy atom. The van der Waals surface area contributed by atoms with E-state index in [1.165, 1.54) is 6.20 Å². The van der Waals surface area contributed by atoms with Crippen LogP contribution in [0.2, 0.25) is 0 Å². The molecule has 2 aliphatic rings. The summed E-state index contributed by atoms with van der Waals surface area (Å²) in [5.74, 6) is 0.347. The van der Waals surface area contributed by atoms with Crippen molar-refractivity contribution < 1.29 is 17.9 Å². The van der Waals surface area contributed by atoms with Gasteiger partial charge in [-0.05, 0) is 26.1 Å². The van der Waals surface area contributed by atoms with Gasteiger partial charge in [0, 0.05) is 58.6 Å². The third kappa shape index (κ3) is 4.57. The molecule has 0 aliphatic carbocycles. The van der Waals surface area contributed by atoms with Crippen molar-refractivity contribution in [3.05, 3.63) is 23.9 Å². The van der Waals surface area contributed by atoms with E-state index in [1.807, 2.05) is 11.9 Å². The number of likely N-dealkylation sites (N-methyl/N-ethyl adjacent to an activating group) is 1. The molecule has 0 amide bonds. The van der Waals surface area contributed by atoms with Gasteiger partial charge in [-0.3, -0.25) is 0 Å². The van der Waals surface area contributed by atoms with Crippen LogP contribution in [0.4, 0.5) is 5.82 Å². The van der Waals surface area contributed by atoms with E-state index in [2.05, 4.69) is 9.88 Å². The first kappa shape index (κ1) is 20.0. The Morgan fingerprint density at radius 1 is 1.04 bits per heavy atom. The SMILES string of the molecule is CCOC(=O)c1ccc(N2CCN(S(=O)(=O)N3CCN(C)CC3)CC2)nc1. The van der Waals surface area contributed by atoms with Crippen molar-refractivity contribution in [1.82, 2.24) is 18.5 Å². The predicted octanol–water partition coefficient (Wildman–Crippen LogP) is -0.127. The van der Waals surface area contributed by atoms with E-state index in [4.69, 9.17) is 4.74 Å². The van der Waals surface area contributed by atoms with Crippen molar-refractivity contribution in [3.63, 3.8) is 0 Å². The molecule has 1 aromatic rings. The van der Waals surface area contributed by atoms with E-state index in [-0.39, 0.29) is 5.97 Å². The second-order valence-electron chi connectivity index (χ2n) is 6.72. The lowest BCUT2D eigenvalue weighted by atomic mass is 10.2. The van der Waals surface area contributed by atoms with Gasteiger partial charge in [0.1, 0.15) is 5.82 Å². The van der Waals surface area contributed by atoms with Crippen molar-refractivity contribution in [3.8, 4) is 0 Å². The Morgan fingerprint density at radius 2 is 1.63 bits per heavy atom. The maximum absolute atomic E-state index is 12.8. The van der Waals surface area contributed by atoms with E-state index in [0.29, 0.717) is 51.4 Å². The van der Waals surface area contributed by atoms with Crippen LogP contribution in [0.5, 0.6) is 0 Å². The molecule has 0 aromatic carbocycles. The van der Waals surface area contributed by atoms with Gasteiger partial charge >= 0.3 is 5.97 Å². The zero-order valence-corrected chi connectivity index (χ0v) is 16.7. The molecule has 2 aliphatic heterocycles. The second-order valence-corrected chi connectivity index (χ2v) is 8.65. The smallest absolute Gasteiger partial charge is 0.339 e. The van der Waals surface area contributed by atoms with E-state index in [1.54, 1.807) is 27.7 Å². The Balaban J connectivity index is 1.57. The Hall–Kier alpha value is -1.75. The summed E-state index contributed by atoms with van der Waals surface area (Å²) >= 11 is 0. The van der Waals surface area contributed by atoms with Gasteiger partial charge < -0.3 is 14.5 Å². The number of aromatic nitrogens is 1. The molecule has 0 N–H and O–H groups in total. The minimum absolute atomic E-state index is 0.324. The normalized spacial score (nSPS) is 20.6. The maximum Gasteiger partial charge on any atom is 0.339 e. The number of nitrogens with zero attached hydrogens (tertiary/aromatic N) is 5. The zero-order chi connectivity index (χ0) is 19.4. The van der Waals surface area contributed by atoms with Crippen molar-refractivity contribution >= 4 is 22.0 Å². The van der Waals surface area contributed by atoms with E-state index in [9.17, 15) is 13.2 Å². The highest BCUT2D eigenvalue weighted by Gasteiger charge is 2.34. The fourth-order valence-electron chi connectivity index (χ4n) is 3.24. The van der Waals surface area contributed by atoms with Crippen LogP contribution >= 0.6 is 0 Å². The largest absolute Gasteiger partial charge is 0.462 e. The third-order valence-electron chi connectivity index (χ3n) is 4.94. The average Bonchev–Trinajstić information content (AvgIpc) is 2.69. The molecule has 1 aromatic heterocycles. The highest BCUT2D eigenvalue weighted by Crippen LogP contribution is 2.18. The molecule has 3 heterocycles. The molecule has 27 heavy (non-hydrogen) atoms. The molecular weight excluding hydrogens is 370 g/mol. The Bertz CT molecular complexity index is 739. The summed E-state index contributed by atoms with van der Waals surface area (Å²) in [6.45, 7) is 6.67. The number of carbonyl (C=O) groups excluding carboxylic acids is 1. The van der Waals surface area contributed by atoms with Gasteiger partial charge in [-0.1, -0.05) is 0 Å². The van der Waals surface area contributed by atoms with Crippen LogP contribution in [-0.2, 0) is 14.9 Å². The summed E-state index contributed by atoms with van der Waals surface area (Å²) < 4.78 is 33.7. The number of anilines is 1. The van der Waals surface area contributed by atoms with Gasteiger partial charge in [-0.25, -0.2) is 9.78 Å². The molecule has 9 nitrogen and oxygen atoms in total. The number of esters is 1. The first-order valence-electron chi connectivity index (χ1n) is 9.23. The lowest BCUT2D eigenvalue weighted by molar-refractivity contribution is 0.0526. The molecule has 0 saturated carbocycles. The van der Waals surface area contributed by atoms with Crippen molar-refractivity contribution in [2.45, 2.75) is 6.92 Å². The van der Waals surface area contributed by atoms with Crippen molar-refractivity contribution in [1.29, 1.82) is 0 Å². The van der Waals surface area contributed by atoms with Gasteiger partial charge in [0.2, 0.25) is 0 Å². The standard InChI is InChI=1S/C17H27N5O4S/c1-3-26-17(23)15-4-5-16(18-14-15)20-8-12-22(13-9-20)27(24,25)21-10-6-19(2)7-11-21/h4-5,14H,3,6-13H2,1-2H3. The number of hydrogen-bond donors (Lipinski definition) is 0. The molecule has 0 spiro atoms. The summed E-state index contributed by atoms with van der Waals surface area (Å²) in [7, 11) is -1.40. The Kier molecular flexibility index (Phi) is 6.30. The first-order chi connectivity index (χ1) is 12.9. The minimum atomic E-state index is -3.41. The van der Waals surface area contributed by atoms with E-state index < -0.39 is 10.2 Å². The maximum atomic E-state index is 12.8. The molecular formula is C17H27N5O4S. The van der Waals surface area contributed by atoms with Crippen LogP contribution in [0.25, 0.3) is 0 Å². The van der Waals surface area contributed by atoms with Gasteiger partial charge in [0.15, 0.2) is 0 Å². The summed E-state index contributed by atoms with van der Waals surface area (Å²) in [5.41, 5.74) is 0.414. The van der Waals surface area contributed by atoms with Crippen LogP contribution in [-0.4, -0.2) is 98.9 Å². The molecule has 0 unspecified atom stereocenters. The molecule has 2 saturated heterocycles. The predicted molar refractivity (Wildman–Crippen MR) is 102 cm³/mol. The second kappa shape index (κ2) is 8.51. The summed E-state index contributed by atoms with van der Waals surface area (Å²) in [6, 6.07) is 3.46. The summed E-state index contributed by atoms with van der Waals surface area (Å²) in [6.07, 6.45) is 1.50. The fourth-order valence-corrected chi connectivity index (χ4v) is 4.81. The van der Waals surface area contributed by atoms with Gasteiger partial charge in [-0.2, -0.15) is 17.0 Å². The molecule has 0 atom stereocenters. The highest BCUT2D eigenvalue weighted by atomic mass is 32.2. The average molecular weight is 398 g/mol. The lowest BCUT2D eigenvalue weighted by Gasteiger charge is -2.39. The monoisotopic (exact) mass is 397 g/mol. The number of carbonyl (C=O) groups is 1. The van der Waals surface area contributed by atoms with Crippen molar-refractivity contribution in [2.75, 3.05) is 70.9 Å². The van der Waals surface area contributed by atoms with Crippen LogP contribution in [0.15, 0.2) is 18.3 Å². The van der Waals surface area contributed by atoms with Gasteiger partial charge in [-0.15, -0.1) is 0 Å². The molecule has 150 valence electrons. The summed E-state index contributed by atoms with van der Waals surface area (Å²) in [4.78, 5) is 20.2. The topological polar surface area (TPSA) is 86.3 Å². The quantitative estimate of drug-likeness (QED) is 0.640. The van der Waals surface area contributed by atoms with Crippen LogP contribution in [0.3, 0.4) is 0 Å². The van der Waals surface area contributed by atoms with Crippen LogP contribution in [0.1, 0.15) is 17.3 Å². The molecule has 10 heteroatoms. The molecule has 0 radical (unpaired) electrons. The molecule has 2 fully saturated rings. The van der Waals surface area contributed by atoms with E-state index in [0.717, 1.165) is 18.9 Å². The highest BCUT2D eigenvalue weighted by molar-refractivity contribution is 7.86. The number of rotatable bonds is 5. The number of ether oxygens (including phenoxy) is 1. The summed E-state index contributed by atoms with van der Waals surface area (Å²) in [5, 5.41) is 0. The number of pyridine rings is 1. The van der Waals surface area contributed by atoms with Crippen molar-refractivity contribution in [2.24, 2.45) is 0 Å². The van der Waals surface area contributed by atoms with Crippen LogP contribution in [0, 0.1) is 0 Å². The zero-order valence-electron chi connectivity index (χ0n) is 15.9. The lowest BCUT2D eigenvalue weighted by Crippen LogP contribution is -2.56. The van der Waals surface area contributed by atoms with Gasteiger partial charge in [0.05, 0.1) is 12.2 Å². The minimum Gasteiger partial charge on any atom is -0.462 e. The first-order valence-corrected chi connectivity index (χ1v) is 10.6. The Labute approximate surface area is 160 Å². The molecule has 0 bridgehead atoms. The number of hydrogen-bond acceptors (Lipinski definition) is 7. The van der Waals surface area contributed by atoms with E-state index >= 15 is 0 Å². The van der Waals surface area contributed by atoms with Crippen LogP contribution < -0.4 is 4.90 Å². The number of piperazine rings is 2. The third-order valence-corrected chi connectivity index (χ3v) is 6.97. The van der Waals surface area contributed by atoms with Gasteiger partial charge in [0.25, 0.3) is 10.2 Å².